The van der Waals surface area contributed by atoms with Crippen molar-refractivity contribution in [2.45, 2.75) is 98.2 Å². The van der Waals surface area contributed by atoms with Crippen LogP contribution in [0.5, 0.6) is 0 Å². The minimum Gasteiger partial charge on any atom is -0.479 e. The summed E-state index contributed by atoms with van der Waals surface area (Å²) >= 11 is 1.56. The van der Waals surface area contributed by atoms with Gasteiger partial charge in [0.15, 0.2) is 11.8 Å². The van der Waals surface area contributed by atoms with E-state index in [0.29, 0.717) is 34.8 Å². The number of hydrogen-bond acceptors (Lipinski definition) is 7. The van der Waals surface area contributed by atoms with Gasteiger partial charge in [0.1, 0.15) is 22.3 Å². The van der Waals surface area contributed by atoms with Gasteiger partial charge in [-0.05, 0) is 94.9 Å². The van der Waals surface area contributed by atoms with E-state index in [2.05, 4.69) is 25.3 Å². The fourth-order valence-electron chi connectivity index (χ4n) is 6.04. The first-order valence-corrected chi connectivity index (χ1v) is 17.0. The smallest absolute Gasteiger partial charge is 0.337 e. The predicted octanol–water partition coefficient (Wildman–Crippen LogP) is 8.36. The van der Waals surface area contributed by atoms with Crippen LogP contribution < -0.4 is 4.90 Å². The molecule has 1 atom stereocenters. The summed E-state index contributed by atoms with van der Waals surface area (Å²) < 4.78 is 22.1. The van der Waals surface area contributed by atoms with Gasteiger partial charge < -0.3 is 14.7 Å². The number of unbranched alkanes of at least 4 members (excludes halogenated alkanes) is 2. The Morgan fingerprint density at radius 1 is 1.20 bits per heavy atom. The molecule has 1 aromatic carbocycles. The Morgan fingerprint density at radius 2 is 1.93 bits per heavy atom. The first-order valence-electron chi connectivity index (χ1n) is 16.1. The Balaban J connectivity index is 1.52. The average molecular weight is 648 g/mol. The number of aromatic nitrogens is 4. The van der Waals surface area contributed by atoms with E-state index < -0.39 is 17.7 Å². The Morgan fingerprint density at radius 3 is 2.61 bits per heavy atom. The summed E-state index contributed by atoms with van der Waals surface area (Å²) in [6.45, 7) is 17.3. The summed E-state index contributed by atoms with van der Waals surface area (Å²) in [4.78, 5) is 25.5. The maximum Gasteiger partial charge on any atom is 0.337 e. The van der Waals surface area contributed by atoms with Gasteiger partial charge in [-0.15, -0.1) is 17.9 Å². The zero-order chi connectivity index (χ0) is 33.2. The molecule has 0 aliphatic carbocycles. The Kier molecular flexibility index (Phi) is 9.98. The minimum atomic E-state index is -1.21. The van der Waals surface area contributed by atoms with Gasteiger partial charge >= 0.3 is 5.97 Å². The highest BCUT2D eigenvalue weighted by molar-refractivity contribution is 7.15. The molecule has 4 heterocycles. The van der Waals surface area contributed by atoms with Gasteiger partial charge in [-0.3, -0.25) is 0 Å². The summed E-state index contributed by atoms with van der Waals surface area (Å²) in [5.41, 5.74) is 4.08. The lowest BCUT2D eigenvalue weighted by Crippen LogP contribution is -2.40. The van der Waals surface area contributed by atoms with E-state index in [4.69, 9.17) is 19.8 Å². The summed E-state index contributed by atoms with van der Waals surface area (Å²) in [6.07, 6.45) is 8.95. The van der Waals surface area contributed by atoms with Crippen molar-refractivity contribution < 1.29 is 19.0 Å². The number of hydrogen-bond donors (Lipinski definition) is 1. The fraction of sp³-hybridized carbons (Fsp3) is 0.500. The lowest BCUT2D eigenvalue weighted by Gasteiger charge is -2.39. The van der Waals surface area contributed by atoms with Crippen LogP contribution in [0.2, 0.25) is 0 Å². The van der Waals surface area contributed by atoms with Crippen LogP contribution in [-0.2, 0) is 22.4 Å². The molecule has 246 valence electrons. The highest BCUT2D eigenvalue weighted by Crippen LogP contribution is 2.39. The molecule has 46 heavy (non-hydrogen) atoms. The van der Waals surface area contributed by atoms with E-state index in [-0.39, 0.29) is 11.2 Å². The number of piperidine rings is 1. The van der Waals surface area contributed by atoms with Crippen LogP contribution in [0.25, 0.3) is 16.3 Å². The molecule has 0 bridgehead atoms. The third kappa shape index (κ3) is 7.83. The largest absolute Gasteiger partial charge is 0.479 e. The van der Waals surface area contributed by atoms with E-state index in [1.807, 2.05) is 52.1 Å². The second-order valence-corrected chi connectivity index (χ2v) is 15.2. The average Bonchev–Trinajstić information content (AvgIpc) is 3.61. The summed E-state index contributed by atoms with van der Waals surface area (Å²) in [5.74, 6) is -0.564. The van der Waals surface area contributed by atoms with Crippen LogP contribution in [0, 0.1) is 18.2 Å². The summed E-state index contributed by atoms with van der Waals surface area (Å²) in [7, 11) is 0. The van der Waals surface area contributed by atoms with Crippen LogP contribution in [0.3, 0.4) is 0 Å². The van der Waals surface area contributed by atoms with Gasteiger partial charge in [0, 0.05) is 42.3 Å². The highest BCUT2D eigenvalue weighted by atomic mass is 32.1. The number of carboxylic acids is 1. The maximum absolute atomic E-state index is 14.1. The standard InChI is InChI=1S/C36H46FN5O3S/c1-8-9-10-11-12-24-19-26(37)14-13-25(24)20-27-22-38-32(46-27)28-21-29-39-23(2)30(31(34(43)44)45-35(3,4)5)33(42(29)40-28)41-17-15-36(6,7)16-18-41/h8,13-14,19,21-22,31H,1,9-12,15-18,20H2,2-7H3,(H,43,44). The van der Waals surface area contributed by atoms with Gasteiger partial charge in [0.05, 0.1) is 11.2 Å². The molecule has 0 amide bonds. The van der Waals surface area contributed by atoms with Crippen molar-refractivity contribution >= 4 is 28.8 Å². The third-order valence-corrected chi connectivity index (χ3v) is 9.61. The highest BCUT2D eigenvalue weighted by Gasteiger charge is 2.36. The van der Waals surface area contributed by atoms with E-state index >= 15 is 0 Å². The molecule has 3 aromatic heterocycles. The molecule has 4 aromatic rings. The predicted molar refractivity (Wildman–Crippen MR) is 182 cm³/mol. The number of ether oxygens (including phenoxy) is 1. The molecule has 1 unspecified atom stereocenters. The number of anilines is 1. The lowest BCUT2D eigenvalue weighted by molar-refractivity contribution is -0.160. The van der Waals surface area contributed by atoms with Crippen LogP contribution >= 0.6 is 11.3 Å². The zero-order valence-corrected chi connectivity index (χ0v) is 28.7. The van der Waals surface area contributed by atoms with Crippen molar-refractivity contribution in [3.63, 3.8) is 0 Å². The number of aryl methyl sites for hydroxylation is 2. The van der Waals surface area contributed by atoms with Crippen molar-refractivity contribution in [3.05, 3.63) is 76.2 Å². The van der Waals surface area contributed by atoms with Crippen molar-refractivity contribution in [1.82, 2.24) is 19.6 Å². The van der Waals surface area contributed by atoms with Gasteiger partial charge in [-0.1, -0.05) is 26.0 Å². The van der Waals surface area contributed by atoms with Crippen molar-refractivity contribution in [2.75, 3.05) is 18.0 Å². The number of benzene rings is 1. The minimum absolute atomic E-state index is 0.203. The molecule has 1 saturated heterocycles. The van der Waals surface area contributed by atoms with Crippen molar-refractivity contribution in [3.8, 4) is 10.7 Å². The molecule has 1 aliphatic rings. The third-order valence-electron chi connectivity index (χ3n) is 8.59. The second kappa shape index (κ2) is 13.6. The summed E-state index contributed by atoms with van der Waals surface area (Å²) in [5, 5.41) is 16.1. The SMILES string of the molecule is C=CCCCCc1cc(F)ccc1Cc1cnc(-c2cc3nc(C)c(C(OC(C)(C)C)C(=O)O)c(N4CCC(C)(C)CC4)n3n2)s1. The van der Waals surface area contributed by atoms with E-state index in [1.54, 1.807) is 21.9 Å². The number of rotatable bonds is 12. The van der Waals surface area contributed by atoms with E-state index in [9.17, 15) is 14.3 Å². The van der Waals surface area contributed by atoms with Crippen LogP contribution in [-0.4, -0.2) is 49.3 Å². The monoisotopic (exact) mass is 647 g/mol. The van der Waals surface area contributed by atoms with Crippen LogP contribution in [0.4, 0.5) is 10.2 Å². The molecule has 1 N–H and O–H groups in total. The van der Waals surface area contributed by atoms with Gasteiger partial charge in [0.2, 0.25) is 0 Å². The molecule has 10 heteroatoms. The first-order chi connectivity index (χ1) is 21.7. The number of fused-ring (bicyclic) bond motifs is 1. The first kappa shape index (κ1) is 33.7. The number of aliphatic carboxylic acids is 1. The molecule has 0 spiro atoms. The number of carboxylic acid groups (broad SMARTS) is 1. The Bertz CT molecular complexity index is 1710. The normalized spacial score (nSPS) is 15.8. The van der Waals surface area contributed by atoms with Crippen molar-refractivity contribution in [1.29, 1.82) is 0 Å². The molecular formula is C36H46FN5O3S. The van der Waals surface area contributed by atoms with Crippen molar-refractivity contribution in [2.24, 2.45) is 5.41 Å². The molecule has 1 aliphatic heterocycles. The number of thiazole rings is 1. The second-order valence-electron chi connectivity index (χ2n) is 14.1. The number of allylic oxidation sites excluding steroid dienone is 1. The maximum atomic E-state index is 14.1. The van der Waals surface area contributed by atoms with Crippen LogP contribution in [0.15, 0.2) is 43.1 Å². The molecule has 1 fully saturated rings. The quantitative estimate of drug-likeness (QED) is 0.122. The Labute approximate surface area is 275 Å². The van der Waals surface area contributed by atoms with E-state index in [0.717, 1.165) is 72.6 Å². The summed E-state index contributed by atoms with van der Waals surface area (Å²) in [6, 6.07) is 6.96. The van der Waals surface area contributed by atoms with Gasteiger partial charge in [0.25, 0.3) is 0 Å². The molecule has 8 nitrogen and oxygen atoms in total. The van der Waals surface area contributed by atoms with Crippen LogP contribution in [0.1, 0.15) is 100 Å². The molecule has 5 rings (SSSR count). The Hall–Kier alpha value is -3.63. The number of nitrogens with zero attached hydrogens (tertiary/aromatic N) is 5. The van der Waals surface area contributed by atoms with Gasteiger partial charge in [-0.2, -0.15) is 9.61 Å². The van der Waals surface area contributed by atoms with E-state index in [1.165, 1.54) is 6.07 Å². The molecular weight excluding hydrogens is 601 g/mol. The fourth-order valence-corrected chi connectivity index (χ4v) is 6.93. The number of carbonyl (C=O) groups is 1. The van der Waals surface area contributed by atoms with Gasteiger partial charge in [-0.25, -0.2) is 19.2 Å². The topological polar surface area (TPSA) is 92.8 Å². The lowest BCUT2D eigenvalue weighted by atomic mass is 9.82. The zero-order valence-electron chi connectivity index (χ0n) is 27.9. The number of halogens is 1. The molecule has 0 saturated carbocycles. The molecule has 0 radical (unpaired) electrons.